The van der Waals surface area contributed by atoms with Gasteiger partial charge in [0.15, 0.2) is 0 Å². The van der Waals surface area contributed by atoms with Gasteiger partial charge in [0.1, 0.15) is 0 Å². The van der Waals surface area contributed by atoms with Gasteiger partial charge in [0.25, 0.3) is 0 Å². The Morgan fingerprint density at radius 3 is 2.89 bits per heavy atom. The van der Waals surface area contributed by atoms with Gasteiger partial charge in [-0.15, -0.1) is 0 Å². The molecule has 0 aliphatic carbocycles. The van der Waals surface area contributed by atoms with Gasteiger partial charge in [-0.25, -0.2) is 4.79 Å². The first kappa shape index (κ1) is 10.9. The highest BCUT2D eigenvalue weighted by Gasteiger charge is 2.10. The van der Waals surface area contributed by atoms with Crippen LogP contribution in [-0.2, 0) is 13.5 Å². The first-order valence-corrected chi connectivity index (χ1v) is 5.95. The third-order valence-corrected chi connectivity index (χ3v) is 3.25. The molecule has 4 heteroatoms. The van der Waals surface area contributed by atoms with E-state index in [-0.39, 0.29) is 5.69 Å². The van der Waals surface area contributed by atoms with E-state index in [0.29, 0.717) is 0 Å². The Morgan fingerprint density at radius 1 is 1.28 bits per heavy atom. The maximum absolute atomic E-state index is 11.9. The van der Waals surface area contributed by atoms with E-state index in [1.807, 2.05) is 31.2 Å². The van der Waals surface area contributed by atoms with Crippen LogP contribution in [0.1, 0.15) is 12.6 Å². The fraction of sp³-hybridized carbons (Fsp3) is 0.214. The lowest BCUT2D eigenvalue weighted by Crippen LogP contribution is -2.22. The number of benzene rings is 1. The molecule has 0 saturated heterocycles. The highest BCUT2D eigenvalue weighted by Crippen LogP contribution is 2.23. The van der Waals surface area contributed by atoms with Crippen molar-refractivity contribution in [2.75, 3.05) is 0 Å². The smallest absolute Gasteiger partial charge is 0.293 e. The summed E-state index contributed by atoms with van der Waals surface area (Å²) in [5.74, 6) is 0. The average molecular weight is 239 g/mol. The summed E-state index contributed by atoms with van der Waals surface area (Å²) in [6.07, 6.45) is 2.49. The molecule has 0 N–H and O–H groups in total. The second kappa shape index (κ2) is 3.91. The summed E-state index contributed by atoms with van der Waals surface area (Å²) >= 11 is 0. The van der Waals surface area contributed by atoms with Crippen molar-refractivity contribution in [3.05, 3.63) is 46.6 Å². The minimum absolute atomic E-state index is 0.225. The number of nitrogens with zero attached hydrogens (tertiary/aromatic N) is 3. The van der Waals surface area contributed by atoms with E-state index < -0.39 is 0 Å². The summed E-state index contributed by atoms with van der Waals surface area (Å²) in [7, 11) is 1.74. The summed E-state index contributed by atoms with van der Waals surface area (Å²) in [6, 6.07) is 7.94. The molecule has 0 aliphatic heterocycles. The zero-order valence-corrected chi connectivity index (χ0v) is 10.3. The lowest BCUT2D eigenvalue weighted by atomic mass is 10.1. The maximum Gasteiger partial charge on any atom is 0.348 e. The fourth-order valence-corrected chi connectivity index (χ4v) is 2.32. The van der Waals surface area contributed by atoms with Gasteiger partial charge in [0, 0.05) is 24.0 Å². The molecule has 3 rings (SSSR count). The Bertz CT molecular complexity index is 805. The van der Waals surface area contributed by atoms with Crippen LogP contribution in [0.15, 0.2) is 35.3 Å². The fourth-order valence-electron chi connectivity index (χ4n) is 2.32. The highest BCUT2D eigenvalue weighted by molar-refractivity contribution is 6.03. The number of pyridine rings is 1. The molecule has 0 aliphatic rings. The standard InChI is InChI=1S/C14H13N3O/c1-3-11-10-7-6-9-5-4-8-15-12(9)13(10)17(2)14(18)16-11/h4-8H,3H2,1-2H3. The molecule has 18 heavy (non-hydrogen) atoms. The number of hydrogen-bond acceptors (Lipinski definition) is 3. The monoisotopic (exact) mass is 239 g/mol. The van der Waals surface area contributed by atoms with E-state index in [2.05, 4.69) is 9.97 Å². The normalized spacial score (nSPS) is 11.2. The molecular weight excluding hydrogens is 226 g/mol. The molecule has 0 atom stereocenters. The predicted molar refractivity (Wildman–Crippen MR) is 71.7 cm³/mol. The minimum atomic E-state index is -0.225. The van der Waals surface area contributed by atoms with Gasteiger partial charge >= 0.3 is 5.69 Å². The lowest BCUT2D eigenvalue weighted by Gasteiger charge is -2.09. The first-order chi connectivity index (χ1) is 8.72. The third kappa shape index (κ3) is 1.42. The Hall–Kier alpha value is -2.23. The zero-order valence-electron chi connectivity index (χ0n) is 10.3. The van der Waals surface area contributed by atoms with Crippen LogP contribution in [0.5, 0.6) is 0 Å². The maximum atomic E-state index is 11.9. The van der Waals surface area contributed by atoms with E-state index >= 15 is 0 Å². The predicted octanol–water partition coefficient (Wildman–Crippen LogP) is 2.04. The Kier molecular flexibility index (Phi) is 2.37. The molecule has 0 spiro atoms. The largest absolute Gasteiger partial charge is 0.348 e. The molecule has 0 saturated carbocycles. The van der Waals surface area contributed by atoms with Gasteiger partial charge in [-0.05, 0) is 12.5 Å². The number of rotatable bonds is 1. The molecule has 0 amide bonds. The Balaban J connectivity index is 2.65. The molecule has 0 unspecified atom stereocenters. The van der Waals surface area contributed by atoms with Crippen molar-refractivity contribution >= 4 is 21.8 Å². The van der Waals surface area contributed by atoms with Crippen molar-refractivity contribution in [3.8, 4) is 0 Å². The minimum Gasteiger partial charge on any atom is -0.293 e. The van der Waals surface area contributed by atoms with Crippen molar-refractivity contribution in [2.45, 2.75) is 13.3 Å². The summed E-state index contributed by atoms with van der Waals surface area (Å²) < 4.78 is 1.57. The molecule has 1 aromatic carbocycles. The summed E-state index contributed by atoms with van der Waals surface area (Å²) in [6.45, 7) is 2.00. The van der Waals surface area contributed by atoms with Gasteiger partial charge in [0.05, 0.1) is 16.7 Å². The molecule has 90 valence electrons. The van der Waals surface area contributed by atoms with Crippen LogP contribution in [0.25, 0.3) is 21.8 Å². The second-order valence-electron chi connectivity index (χ2n) is 4.29. The van der Waals surface area contributed by atoms with Crippen LogP contribution in [-0.4, -0.2) is 14.5 Å². The summed E-state index contributed by atoms with van der Waals surface area (Å²) in [5, 5.41) is 2.04. The molecule has 0 bridgehead atoms. The van der Waals surface area contributed by atoms with Crippen molar-refractivity contribution in [1.29, 1.82) is 0 Å². The molecule has 2 aromatic heterocycles. The van der Waals surface area contributed by atoms with E-state index in [1.54, 1.807) is 17.8 Å². The van der Waals surface area contributed by atoms with Gasteiger partial charge in [-0.3, -0.25) is 9.55 Å². The molecular formula is C14H13N3O. The lowest BCUT2D eigenvalue weighted by molar-refractivity contribution is 0.831. The average Bonchev–Trinajstić information content (AvgIpc) is 2.42. The second-order valence-corrected chi connectivity index (χ2v) is 4.29. The van der Waals surface area contributed by atoms with Crippen LogP contribution >= 0.6 is 0 Å². The first-order valence-electron chi connectivity index (χ1n) is 5.95. The van der Waals surface area contributed by atoms with Gasteiger partial charge in [0.2, 0.25) is 0 Å². The molecule has 0 fully saturated rings. The van der Waals surface area contributed by atoms with Crippen LogP contribution < -0.4 is 5.69 Å². The van der Waals surface area contributed by atoms with Crippen molar-refractivity contribution < 1.29 is 0 Å². The van der Waals surface area contributed by atoms with E-state index in [0.717, 1.165) is 33.9 Å². The van der Waals surface area contributed by atoms with Crippen LogP contribution in [0, 0.1) is 0 Å². The number of hydrogen-bond donors (Lipinski definition) is 0. The van der Waals surface area contributed by atoms with E-state index in [4.69, 9.17) is 0 Å². The summed E-state index contributed by atoms with van der Waals surface area (Å²) in [5.41, 5.74) is 2.33. The number of fused-ring (bicyclic) bond motifs is 3. The molecule has 4 nitrogen and oxygen atoms in total. The van der Waals surface area contributed by atoms with E-state index in [1.165, 1.54) is 0 Å². The Morgan fingerprint density at radius 2 is 2.11 bits per heavy atom. The molecule has 0 radical (unpaired) electrons. The number of aromatic nitrogens is 3. The highest BCUT2D eigenvalue weighted by atomic mass is 16.1. The molecule has 2 heterocycles. The summed E-state index contributed by atoms with van der Waals surface area (Å²) in [4.78, 5) is 20.4. The zero-order chi connectivity index (χ0) is 12.7. The van der Waals surface area contributed by atoms with Crippen molar-refractivity contribution in [1.82, 2.24) is 14.5 Å². The van der Waals surface area contributed by atoms with Crippen LogP contribution in [0.2, 0.25) is 0 Å². The van der Waals surface area contributed by atoms with Crippen LogP contribution in [0.3, 0.4) is 0 Å². The third-order valence-electron chi connectivity index (χ3n) is 3.25. The molecule has 3 aromatic rings. The Labute approximate surface area is 104 Å². The number of aryl methyl sites for hydroxylation is 2. The van der Waals surface area contributed by atoms with Gasteiger partial charge in [-0.1, -0.05) is 25.1 Å². The van der Waals surface area contributed by atoms with Crippen LogP contribution in [0.4, 0.5) is 0 Å². The topological polar surface area (TPSA) is 47.8 Å². The van der Waals surface area contributed by atoms with Gasteiger partial charge < -0.3 is 0 Å². The van der Waals surface area contributed by atoms with Crippen molar-refractivity contribution in [2.24, 2.45) is 7.05 Å². The van der Waals surface area contributed by atoms with E-state index in [9.17, 15) is 4.79 Å². The van der Waals surface area contributed by atoms with Crippen molar-refractivity contribution in [3.63, 3.8) is 0 Å². The quantitative estimate of drug-likeness (QED) is 0.610. The van der Waals surface area contributed by atoms with Gasteiger partial charge in [-0.2, -0.15) is 4.98 Å². The SMILES string of the molecule is CCc1nc(=O)n(C)c2c1ccc1cccnc12.